The molecule has 1 N–H and O–H groups in total. The molecule has 2 atom stereocenters. The van der Waals surface area contributed by atoms with Gasteiger partial charge in [-0.3, -0.25) is 9.59 Å². The highest BCUT2D eigenvalue weighted by molar-refractivity contribution is 7.91. The van der Waals surface area contributed by atoms with E-state index in [1.54, 1.807) is 11.0 Å². The Balaban J connectivity index is 1.58. The van der Waals surface area contributed by atoms with Crippen LogP contribution in [-0.4, -0.2) is 55.8 Å². The number of carbonyl (C=O) groups is 2. The van der Waals surface area contributed by atoms with Crippen molar-refractivity contribution in [3.05, 3.63) is 22.4 Å². The molecule has 3 heterocycles. The van der Waals surface area contributed by atoms with Gasteiger partial charge in [-0.25, -0.2) is 8.42 Å². The summed E-state index contributed by atoms with van der Waals surface area (Å²) in [4.78, 5) is 27.2. The minimum absolute atomic E-state index is 0.0269. The topological polar surface area (TPSA) is 83.6 Å². The van der Waals surface area contributed by atoms with Crippen LogP contribution in [0.2, 0.25) is 0 Å². The van der Waals surface area contributed by atoms with Gasteiger partial charge in [0.1, 0.15) is 0 Å². The van der Waals surface area contributed by atoms with Crippen LogP contribution in [0.5, 0.6) is 0 Å². The Morgan fingerprint density at radius 1 is 1.30 bits per heavy atom. The third-order valence-electron chi connectivity index (χ3n) is 4.39. The number of nitrogens with zero attached hydrogens (tertiary/aromatic N) is 1. The van der Waals surface area contributed by atoms with E-state index in [-0.39, 0.29) is 35.3 Å². The number of nitrogens with one attached hydrogen (secondary N) is 1. The lowest BCUT2D eigenvalue weighted by Crippen LogP contribution is -2.47. The van der Waals surface area contributed by atoms with E-state index >= 15 is 0 Å². The molecule has 2 fully saturated rings. The number of sulfone groups is 1. The van der Waals surface area contributed by atoms with Crippen LogP contribution in [0.4, 0.5) is 0 Å². The summed E-state index contributed by atoms with van der Waals surface area (Å²) in [7, 11) is -3.00. The molecule has 0 saturated carbocycles. The van der Waals surface area contributed by atoms with Gasteiger partial charge < -0.3 is 10.2 Å². The van der Waals surface area contributed by atoms with Gasteiger partial charge in [-0.05, 0) is 30.7 Å². The fourth-order valence-electron chi connectivity index (χ4n) is 3.16. The molecule has 2 amide bonds. The summed E-state index contributed by atoms with van der Waals surface area (Å²) in [5.41, 5.74) is 0. The Labute approximate surface area is 139 Å². The smallest absolute Gasteiger partial charge is 0.263 e. The minimum atomic E-state index is -3.00. The van der Waals surface area contributed by atoms with Gasteiger partial charge in [-0.2, -0.15) is 0 Å². The number of rotatable bonds is 3. The Kier molecular flexibility index (Phi) is 4.72. The van der Waals surface area contributed by atoms with Crippen LogP contribution in [0.25, 0.3) is 0 Å². The summed E-state index contributed by atoms with van der Waals surface area (Å²) in [6.07, 6.45) is 2.01. The summed E-state index contributed by atoms with van der Waals surface area (Å²) < 4.78 is 22.9. The normalized spacial score (nSPS) is 26.9. The first kappa shape index (κ1) is 16.4. The van der Waals surface area contributed by atoms with Crippen LogP contribution in [0.15, 0.2) is 17.5 Å². The molecule has 8 heteroatoms. The van der Waals surface area contributed by atoms with Crippen molar-refractivity contribution in [3.63, 3.8) is 0 Å². The summed E-state index contributed by atoms with van der Waals surface area (Å²) in [5, 5.41) is 4.71. The first-order valence-electron chi connectivity index (χ1n) is 7.78. The van der Waals surface area contributed by atoms with E-state index in [0.717, 1.165) is 12.8 Å². The van der Waals surface area contributed by atoms with Crippen molar-refractivity contribution >= 4 is 33.0 Å². The highest BCUT2D eigenvalue weighted by Crippen LogP contribution is 2.21. The second-order valence-corrected chi connectivity index (χ2v) is 9.35. The van der Waals surface area contributed by atoms with Crippen molar-refractivity contribution in [2.75, 3.05) is 24.6 Å². The second kappa shape index (κ2) is 6.60. The molecule has 0 bridgehead atoms. The lowest BCUT2D eigenvalue weighted by atomic mass is 9.96. The van der Waals surface area contributed by atoms with E-state index in [2.05, 4.69) is 5.32 Å². The van der Waals surface area contributed by atoms with Crippen molar-refractivity contribution in [3.8, 4) is 0 Å². The number of amides is 2. The number of carbonyl (C=O) groups excluding carboxylic acids is 2. The molecule has 3 rings (SSSR count). The highest BCUT2D eigenvalue weighted by Gasteiger charge is 2.33. The molecule has 0 aromatic carbocycles. The molecule has 2 aliphatic heterocycles. The monoisotopic (exact) mass is 356 g/mol. The van der Waals surface area contributed by atoms with Crippen LogP contribution < -0.4 is 5.32 Å². The van der Waals surface area contributed by atoms with Crippen molar-refractivity contribution in [1.82, 2.24) is 10.2 Å². The van der Waals surface area contributed by atoms with Crippen molar-refractivity contribution in [2.45, 2.75) is 25.3 Å². The SMILES string of the molecule is O=C(N[C@@H]1CCS(=O)(=O)C1)[C@@H]1CCCN(C(=O)c2cccs2)C1. The van der Waals surface area contributed by atoms with Gasteiger partial charge in [0.15, 0.2) is 9.84 Å². The number of piperidine rings is 1. The molecular weight excluding hydrogens is 336 g/mol. The number of thiophene rings is 1. The molecule has 0 aliphatic carbocycles. The quantitative estimate of drug-likeness (QED) is 0.872. The minimum Gasteiger partial charge on any atom is -0.352 e. The van der Waals surface area contributed by atoms with Crippen LogP contribution in [0.3, 0.4) is 0 Å². The Morgan fingerprint density at radius 3 is 2.78 bits per heavy atom. The van der Waals surface area contributed by atoms with Gasteiger partial charge in [-0.15, -0.1) is 11.3 Å². The predicted molar refractivity (Wildman–Crippen MR) is 88.1 cm³/mol. The molecule has 126 valence electrons. The predicted octanol–water partition coefficient (Wildman–Crippen LogP) is 0.904. The number of likely N-dealkylation sites (tertiary alicyclic amines) is 1. The Hall–Kier alpha value is -1.41. The molecule has 1 aromatic rings. The number of hydrogen-bond donors (Lipinski definition) is 1. The van der Waals surface area contributed by atoms with E-state index in [1.807, 2.05) is 11.4 Å². The molecule has 0 unspecified atom stereocenters. The summed E-state index contributed by atoms with van der Waals surface area (Å²) in [6.45, 7) is 1.07. The van der Waals surface area contributed by atoms with Crippen molar-refractivity contribution in [1.29, 1.82) is 0 Å². The fraction of sp³-hybridized carbons (Fsp3) is 0.600. The van der Waals surface area contributed by atoms with E-state index in [9.17, 15) is 18.0 Å². The van der Waals surface area contributed by atoms with Gasteiger partial charge in [-0.1, -0.05) is 6.07 Å². The maximum absolute atomic E-state index is 12.4. The van der Waals surface area contributed by atoms with E-state index in [4.69, 9.17) is 0 Å². The summed E-state index contributed by atoms with van der Waals surface area (Å²) >= 11 is 1.40. The lowest BCUT2D eigenvalue weighted by molar-refractivity contribution is -0.126. The van der Waals surface area contributed by atoms with Crippen molar-refractivity contribution in [2.24, 2.45) is 5.92 Å². The highest BCUT2D eigenvalue weighted by atomic mass is 32.2. The van der Waals surface area contributed by atoms with E-state index in [1.165, 1.54) is 11.3 Å². The van der Waals surface area contributed by atoms with Gasteiger partial charge in [0.2, 0.25) is 5.91 Å². The molecule has 2 aliphatic rings. The van der Waals surface area contributed by atoms with Gasteiger partial charge >= 0.3 is 0 Å². The van der Waals surface area contributed by atoms with Gasteiger partial charge in [0.05, 0.1) is 22.3 Å². The molecule has 0 spiro atoms. The van der Waals surface area contributed by atoms with Crippen LogP contribution in [0.1, 0.15) is 28.9 Å². The number of hydrogen-bond acceptors (Lipinski definition) is 5. The maximum atomic E-state index is 12.4. The van der Waals surface area contributed by atoms with E-state index in [0.29, 0.717) is 24.4 Å². The zero-order valence-electron chi connectivity index (χ0n) is 12.7. The van der Waals surface area contributed by atoms with Gasteiger partial charge in [0.25, 0.3) is 5.91 Å². The van der Waals surface area contributed by atoms with Crippen LogP contribution >= 0.6 is 11.3 Å². The average Bonchev–Trinajstić information content (AvgIpc) is 3.16. The zero-order chi connectivity index (χ0) is 16.4. The van der Waals surface area contributed by atoms with E-state index < -0.39 is 9.84 Å². The Bertz CT molecular complexity index is 684. The molecular formula is C15H20N2O4S2. The lowest BCUT2D eigenvalue weighted by Gasteiger charge is -2.32. The third-order valence-corrected chi connectivity index (χ3v) is 7.02. The van der Waals surface area contributed by atoms with Crippen LogP contribution in [0, 0.1) is 5.92 Å². The molecule has 6 nitrogen and oxygen atoms in total. The maximum Gasteiger partial charge on any atom is 0.263 e. The van der Waals surface area contributed by atoms with Crippen LogP contribution in [-0.2, 0) is 14.6 Å². The summed E-state index contributed by atoms with van der Waals surface area (Å²) in [6, 6.07) is 3.35. The van der Waals surface area contributed by atoms with Gasteiger partial charge in [0, 0.05) is 19.1 Å². The first-order chi connectivity index (χ1) is 10.9. The third kappa shape index (κ3) is 3.92. The fourth-order valence-corrected chi connectivity index (χ4v) is 5.52. The standard InChI is InChI=1S/C15H20N2O4S2/c18-14(16-12-5-8-23(20,21)10-12)11-3-1-6-17(9-11)15(19)13-4-2-7-22-13/h2,4,7,11-12H,1,3,5-6,8-10H2,(H,16,18)/t11-,12-/m1/s1. The largest absolute Gasteiger partial charge is 0.352 e. The second-order valence-electron chi connectivity index (χ2n) is 6.18. The molecule has 23 heavy (non-hydrogen) atoms. The zero-order valence-corrected chi connectivity index (χ0v) is 14.4. The first-order valence-corrected chi connectivity index (χ1v) is 10.5. The molecule has 2 saturated heterocycles. The van der Waals surface area contributed by atoms with Crippen molar-refractivity contribution < 1.29 is 18.0 Å². The Morgan fingerprint density at radius 2 is 2.13 bits per heavy atom. The molecule has 0 radical (unpaired) electrons. The molecule has 1 aromatic heterocycles. The average molecular weight is 356 g/mol. The summed E-state index contributed by atoms with van der Waals surface area (Å²) in [5.74, 6) is -0.234.